The zero-order valence-electron chi connectivity index (χ0n) is 12.1. The largest absolute Gasteiger partial charge is 0.355 e. The van der Waals surface area contributed by atoms with Crippen LogP contribution in [0.2, 0.25) is 0 Å². The van der Waals surface area contributed by atoms with Gasteiger partial charge in [-0.05, 0) is 42.5 Å². The zero-order valence-corrected chi connectivity index (χ0v) is 13.7. The Labute approximate surface area is 133 Å². The lowest BCUT2D eigenvalue weighted by atomic mass is 10.1. The van der Waals surface area contributed by atoms with Gasteiger partial charge in [0.05, 0.1) is 11.1 Å². The van der Waals surface area contributed by atoms with Crippen molar-refractivity contribution < 1.29 is 9.59 Å². The van der Waals surface area contributed by atoms with Crippen molar-refractivity contribution in [2.75, 3.05) is 24.6 Å². The molecule has 1 heterocycles. The molecule has 1 aliphatic heterocycles. The van der Waals surface area contributed by atoms with Crippen LogP contribution in [0.4, 0.5) is 0 Å². The third-order valence-corrected chi connectivity index (χ3v) is 6.07. The predicted octanol–water partition coefficient (Wildman–Crippen LogP) is 2.42. The van der Waals surface area contributed by atoms with Crippen molar-refractivity contribution >= 4 is 35.3 Å². The van der Waals surface area contributed by atoms with Crippen LogP contribution < -0.4 is 10.6 Å². The second-order valence-corrected chi connectivity index (χ2v) is 7.41. The normalized spacial score (nSPS) is 15.5. The maximum Gasteiger partial charge on any atom is 0.251 e. The quantitative estimate of drug-likeness (QED) is 0.873. The van der Waals surface area contributed by atoms with Gasteiger partial charge in [-0.3, -0.25) is 9.59 Å². The van der Waals surface area contributed by atoms with Crippen molar-refractivity contribution in [3.8, 4) is 0 Å². The summed E-state index contributed by atoms with van der Waals surface area (Å²) in [6.07, 6.45) is 1.27. The van der Waals surface area contributed by atoms with Crippen LogP contribution in [0.1, 0.15) is 33.8 Å². The number of hydrogen-bond acceptors (Lipinski definition) is 4. The van der Waals surface area contributed by atoms with Crippen molar-refractivity contribution in [3.63, 3.8) is 0 Å². The molecule has 2 amide bonds. The van der Waals surface area contributed by atoms with Gasteiger partial charge in [0.2, 0.25) is 5.91 Å². The van der Waals surface area contributed by atoms with E-state index in [0.29, 0.717) is 16.7 Å². The number of hydrogen-bond donors (Lipinski definition) is 2. The Bertz CT molecular complexity index is 485. The predicted molar refractivity (Wildman–Crippen MR) is 89.7 cm³/mol. The van der Waals surface area contributed by atoms with Crippen molar-refractivity contribution in [1.29, 1.82) is 0 Å². The molecule has 1 fully saturated rings. The van der Waals surface area contributed by atoms with E-state index in [2.05, 4.69) is 10.6 Å². The maximum atomic E-state index is 11.9. The van der Waals surface area contributed by atoms with E-state index >= 15 is 0 Å². The first-order chi connectivity index (χ1) is 10.2. The molecule has 2 rings (SSSR count). The maximum absolute atomic E-state index is 11.9. The lowest BCUT2D eigenvalue weighted by Crippen LogP contribution is -2.36. The highest BCUT2D eigenvalue weighted by molar-refractivity contribution is 8.16. The van der Waals surface area contributed by atoms with Gasteiger partial charge < -0.3 is 10.6 Å². The monoisotopic (exact) mass is 324 g/mol. The Morgan fingerprint density at radius 3 is 2.43 bits per heavy atom. The molecule has 0 unspecified atom stereocenters. The SMILES string of the molecule is CCNC(=O)CNC(=O)c1ccc(C2SCCCS2)cc1. The number of benzene rings is 1. The van der Waals surface area contributed by atoms with Gasteiger partial charge in [-0.15, -0.1) is 23.5 Å². The summed E-state index contributed by atoms with van der Waals surface area (Å²) in [6.45, 7) is 2.43. The van der Waals surface area contributed by atoms with Crippen LogP contribution in [0.3, 0.4) is 0 Å². The average Bonchev–Trinajstić information content (AvgIpc) is 2.54. The van der Waals surface area contributed by atoms with Crippen LogP contribution in [-0.2, 0) is 4.79 Å². The van der Waals surface area contributed by atoms with Crippen molar-refractivity contribution in [2.45, 2.75) is 17.9 Å². The molecule has 0 radical (unpaired) electrons. The van der Waals surface area contributed by atoms with Gasteiger partial charge in [-0.1, -0.05) is 12.1 Å². The molecule has 2 N–H and O–H groups in total. The molecule has 114 valence electrons. The fourth-order valence-electron chi connectivity index (χ4n) is 1.99. The summed E-state index contributed by atoms with van der Waals surface area (Å²) in [7, 11) is 0. The molecule has 1 aromatic rings. The van der Waals surface area contributed by atoms with Crippen molar-refractivity contribution in [2.24, 2.45) is 0 Å². The fourth-order valence-corrected chi connectivity index (χ4v) is 4.89. The smallest absolute Gasteiger partial charge is 0.251 e. The minimum Gasteiger partial charge on any atom is -0.355 e. The van der Waals surface area contributed by atoms with Gasteiger partial charge >= 0.3 is 0 Å². The minimum atomic E-state index is -0.211. The Kier molecular flexibility index (Phi) is 6.45. The van der Waals surface area contributed by atoms with Gasteiger partial charge in [-0.25, -0.2) is 0 Å². The molecule has 21 heavy (non-hydrogen) atoms. The van der Waals surface area contributed by atoms with E-state index in [1.165, 1.54) is 23.5 Å². The van der Waals surface area contributed by atoms with Crippen LogP contribution in [0.25, 0.3) is 0 Å². The molecule has 0 spiro atoms. The number of likely N-dealkylation sites (N-methyl/N-ethyl adjacent to an activating group) is 1. The second-order valence-electron chi connectivity index (χ2n) is 4.69. The summed E-state index contributed by atoms with van der Waals surface area (Å²) in [4.78, 5) is 23.2. The minimum absolute atomic E-state index is 0.0166. The topological polar surface area (TPSA) is 58.2 Å². The summed E-state index contributed by atoms with van der Waals surface area (Å²) >= 11 is 3.92. The van der Waals surface area contributed by atoms with Crippen LogP contribution in [0.15, 0.2) is 24.3 Å². The summed E-state index contributed by atoms with van der Waals surface area (Å²) in [5.41, 5.74) is 1.85. The fraction of sp³-hybridized carbons (Fsp3) is 0.467. The highest BCUT2D eigenvalue weighted by Crippen LogP contribution is 2.43. The number of amides is 2. The summed E-state index contributed by atoms with van der Waals surface area (Å²) in [5.74, 6) is 2.02. The van der Waals surface area contributed by atoms with E-state index in [0.717, 1.165) is 0 Å². The molecule has 1 saturated heterocycles. The lowest BCUT2D eigenvalue weighted by molar-refractivity contribution is -0.120. The Morgan fingerprint density at radius 2 is 1.81 bits per heavy atom. The third kappa shape index (κ3) is 4.97. The Balaban J connectivity index is 1.88. The third-order valence-electron chi connectivity index (χ3n) is 3.06. The summed E-state index contributed by atoms with van der Waals surface area (Å²) < 4.78 is 0.478. The van der Waals surface area contributed by atoms with E-state index in [9.17, 15) is 9.59 Å². The van der Waals surface area contributed by atoms with Gasteiger partial charge in [0.1, 0.15) is 0 Å². The highest BCUT2D eigenvalue weighted by atomic mass is 32.2. The molecule has 0 atom stereocenters. The average molecular weight is 324 g/mol. The van der Waals surface area contributed by atoms with Gasteiger partial charge in [-0.2, -0.15) is 0 Å². The molecule has 6 heteroatoms. The van der Waals surface area contributed by atoms with Gasteiger partial charge in [0.15, 0.2) is 0 Å². The number of thioether (sulfide) groups is 2. The summed E-state index contributed by atoms with van der Waals surface area (Å²) in [5, 5.41) is 5.27. The Hall–Kier alpha value is -1.14. The van der Waals surface area contributed by atoms with E-state index in [-0.39, 0.29) is 18.4 Å². The molecule has 1 aliphatic rings. The lowest BCUT2D eigenvalue weighted by Gasteiger charge is -2.21. The molecular formula is C15H20N2O2S2. The number of carbonyl (C=O) groups is 2. The van der Waals surface area contributed by atoms with Crippen molar-refractivity contribution in [1.82, 2.24) is 10.6 Å². The van der Waals surface area contributed by atoms with Crippen LogP contribution >= 0.6 is 23.5 Å². The van der Waals surface area contributed by atoms with Crippen LogP contribution in [0, 0.1) is 0 Å². The first-order valence-corrected chi connectivity index (χ1v) is 9.18. The molecule has 0 aromatic heterocycles. The zero-order chi connectivity index (χ0) is 15.1. The van der Waals surface area contributed by atoms with Crippen LogP contribution in [-0.4, -0.2) is 36.4 Å². The van der Waals surface area contributed by atoms with E-state index in [4.69, 9.17) is 0 Å². The second kappa shape index (κ2) is 8.34. The standard InChI is InChI=1S/C15H20N2O2S2/c1-2-16-13(18)10-17-14(19)11-4-6-12(7-5-11)15-20-8-3-9-21-15/h4-7,15H,2-3,8-10H2,1H3,(H,16,18)(H,17,19). The number of nitrogens with one attached hydrogen (secondary N) is 2. The summed E-state index contributed by atoms with van der Waals surface area (Å²) in [6, 6.07) is 7.68. The molecule has 0 aliphatic carbocycles. The van der Waals surface area contributed by atoms with Gasteiger partial charge in [0.25, 0.3) is 5.91 Å². The van der Waals surface area contributed by atoms with Crippen molar-refractivity contribution in [3.05, 3.63) is 35.4 Å². The first-order valence-electron chi connectivity index (χ1n) is 7.08. The van der Waals surface area contributed by atoms with E-state index < -0.39 is 0 Å². The van der Waals surface area contributed by atoms with Crippen LogP contribution in [0.5, 0.6) is 0 Å². The number of carbonyl (C=O) groups excluding carboxylic acids is 2. The van der Waals surface area contributed by atoms with E-state index in [1.54, 1.807) is 0 Å². The van der Waals surface area contributed by atoms with E-state index in [1.807, 2.05) is 54.7 Å². The molecular weight excluding hydrogens is 304 g/mol. The number of rotatable bonds is 5. The molecule has 4 nitrogen and oxygen atoms in total. The molecule has 1 aromatic carbocycles. The van der Waals surface area contributed by atoms with Gasteiger partial charge in [0, 0.05) is 12.1 Å². The molecule has 0 saturated carbocycles. The highest BCUT2D eigenvalue weighted by Gasteiger charge is 2.17. The Morgan fingerprint density at radius 1 is 1.14 bits per heavy atom. The first kappa shape index (κ1) is 16.2. The molecule has 0 bridgehead atoms.